The van der Waals surface area contributed by atoms with E-state index in [-0.39, 0.29) is 0 Å². The molecule has 0 saturated heterocycles. The summed E-state index contributed by atoms with van der Waals surface area (Å²) in [4.78, 5) is 1.63. The fourth-order valence-electron chi connectivity index (χ4n) is 1.59. The first-order chi connectivity index (χ1) is 8.31. The first kappa shape index (κ1) is 11.5. The molecular formula is C13H16N4. The zero-order valence-electron chi connectivity index (χ0n) is 10.0. The Morgan fingerprint density at radius 3 is 2.71 bits per heavy atom. The van der Waals surface area contributed by atoms with Gasteiger partial charge >= 0.3 is 0 Å². The summed E-state index contributed by atoms with van der Waals surface area (Å²) >= 11 is 0. The highest BCUT2D eigenvalue weighted by Crippen LogP contribution is 2.06. The number of aromatic nitrogens is 4. The van der Waals surface area contributed by atoms with Crippen molar-refractivity contribution in [3.8, 4) is 0 Å². The van der Waals surface area contributed by atoms with Gasteiger partial charge in [0, 0.05) is 6.42 Å². The average molecular weight is 228 g/mol. The molecule has 17 heavy (non-hydrogen) atoms. The molecule has 0 unspecified atom stereocenters. The molecule has 1 aromatic carbocycles. The van der Waals surface area contributed by atoms with Crippen LogP contribution >= 0.6 is 0 Å². The van der Waals surface area contributed by atoms with Crippen LogP contribution < -0.4 is 0 Å². The fraction of sp³-hybridized carbons (Fsp3) is 0.308. The molecule has 88 valence electrons. The Kier molecular flexibility index (Phi) is 3.65. The molecule has 0 N–H and O–H groups in total. The minimum absolute atomic E-state index is 0.661. The van der Waals surface area contributed by atoms with Crippen molar-refractivity contribution in [2.24, 2.45) is 0 Å². The molecule has 2 aromatic rings. The summed E-state index contributed by atoms with van der Waals surface area (Å²) in [6.07, 6.45) is 3.76. The lowest BCUT2D eigenvalue weighted by Crippen LogP contribution is -2.04. The standard InChI is InChI=1S/C13H16N4/c1-3-5-13-14-16-17(15-13)10-12-8-6-11(4-2)7-9-12/h4,6-9H,2-3,5,10H2,1H3. The first-order valence-electron chi connectivity index (χ1n) is 5.80. The lowest BCUT2D eigenvalue weighted by atomic mass is 10.1. The summed E-state index contributed by atoms with van der Waals surface area (Å²) in [5.74, 6) is 0.815. The second-order valence-electron chi connectivity index (χ2n) is 3.93. The number of hydrogen-bond donors (Lipinski definition) is 0. The van der Waals surface area contributed by atoms with Crippen molar-refractivity contribution in [2.75, 3.05) is 0 Å². The van der Waals surface area contributed by atoms with Crippen molar-refractivity contribution >= 4 is 6.08 Å². The zero-order chi connectivity index (χ0) is 12.1. The van der Waals surface area contributed by atoms with E-state index in [1.165, 1.54) is 0 Å². The molecular weight excluding hydrogens is 212 g/mol. The smallest absolute Gasteiger partial charge is 0.160 e. The summed E-state index contributed by atoms with van der Waals surface area (Å²) in [5.41, 5.74) is 2.28. The van der Waals surface area contributed by atoms with Crippen LogP contribution in [0.15, 0.2) is 30.8 Å². The molecule has 0 spiro atoms. The molecule has 0 saturated carbocycles. The molecule has 0 atom stereocenters. The number of tetrazole rings is 1. The Hall–Kier alpha value is -1.97. The number of hydrogen-bond acceptors (Lipinski definition) is 3. The normalized spacial score (nSPS) is 10.4. The number of benzene rings is 1. The van der Waals surface area contributed by atoms with E-state index in [1.807, 2.05) is 18.2 Å². The molecule has 1 heterocycles. The van der Waals surface area contributed by atoms with Crippen molar-refractivity contribution < 1.29 is 0 Å². The predicted molar refractivity (Wildman–Crippen MR) is 67.4 cm³/mol. The van der Waals surface area contributed by atoms with Crippen LogP contribution in [0.5, 0.6) is 0 Å². The van der Waals surface area contributed by atoms with Crippen LogP contribution in [-0.2, 0) is 13.0 Å². The Morgan fingerprint density at radius 1 is 1.29 bits per heavy atom. The molecule has 0 bridgehead atoms. The Bertz CT molecular complexity index is 484. The molecule has 0 aliphatic carbocycles. The van der Waals surface area contributed by atoms with Gasteiger partial charge in [0.1, 0.15) is 0 Å². The lowest BCUT2D eigenvalue weighted by Gasteiger charge is -2.00. The molecule has 0 aliphatic rings. The maximum absolute atomic E-state index is 4.31. The molecule has 2 rings (SSSR count). The van der Waals surface area contributed by atoms with Crippen molar-refractivity contribution in [1.29, 1.82) is 0 Å². The van der Waals surface area contributed by atoms with E-state index in [4.69, 9.17) is 0 Å². The van der Waals surface area contributed by atoms with Crippen molar-refractivity contribution in [3.05, 3.63) is 47.8 Å². The third-order valence-corrected chi connectivity index (χ3v) is 2.51. The van der Waals surface area contributed by atoms with Crippen LogP contribution in [0.25, 0.3) is 6.08 Å². The number of rotatable bonds is 5. The van der Waals surface area contributed by atoms with Gasteiger partial charge in [0.05, 0.1) is 6.54 Å². The highest BCUT2D eigenvalue weighted by Gasteiger charge is 2.02. The van der Waals surface area contributed by atoms with Gasteiger partial charge in [-0.1, -0.05) is 43.8 Å². The van der Waals surface area contributed by atoms with Gasteiger partial charge in [-0.3, -0.25) is 0 Å². The topological polar surface area (TPSA) is 43.6 Å². The summed E-state index contributed by atoms with van der Waals surface area (Å²) in [7, 11) is 0. The molecule has 1 aromatic heterocycles. The van der Waals surface area contributed by atoms with Crippen LogP contribution in [0.3, 0.4) is 0 Å². The van der Waals surface area contributed by atoms with E-state index >= 15 is 0 Å². The van der Waals surface area contributed by atoms with E-state index < -0.39 is 0 Å². The summed E-state index contributed by atoms with van der Waals surface area (Å²) in [6, 6.07) is 8.18. The predicted octanol–water partition coefficient (Wildman–Crippen LogP) is 2.32. The van der Waals surface area contributed by atoms with Crippen LogP contribution in [0.4, 0.5) is 0 Å². The lowest BCUT2D eigenvalue weighted by molar-refractivity contribution is 0.570. The van der Waals surface area contributed by atoms with E-state index in [0.717, 1.165) is 29.8 Å². The Morgan fingerprint density at radius 2 is 2.06 bits per heavy atom. The molecule has 4 nitrogen and oxygen atoms in total. The van der Waals surface area contributed by atoms with E-state index in [1.54, 1.807) is 4.80 Å². The van der Waals surface area contributed by atoms with E-state index in [0.29, 0.717) is 6.54 Å². The van der Waals surface area contributed by atoms with Gasteiger partial charge in [0.15, 0.2) is 5.82 Å². The number of aryl methyl sites for hydroxylation is 1. The Labute approximate surface area is 101 Å². The van der Waals surface area contributed by atoms with Gasteiger partial charge in [0.2, 0.25) is 0 Å². The summed E-state index contributed by atoms with van der Waals surface area (Å²) in [6.45, 7) is 6.50. The summed E-state index contributed by atoms with van der Waals surface area (Å²) in [5, 5.41) is 12.3. The third-order valence-electron chi connectivity index (χ3n) is 2.51. The molecule has 0 fully saturated rings. The number of nitrogens with zero attached hydrogens (tertiary/aromatic N) is 4. The maximum atomic E-state index is 4.31. The van der Waals surface area contributed by atoms with Gasteiger partial charge < -0.3 is 0 Å². The molecule has 0 radical (unpaired) electrons. The van der Waals surface area contributed by atoms with Gasteiger partial charge in [-0.25, -0.2) is 0 Å². The minimum Gasteiger partial charge on any atom is -0.160 e. The SMILES string of the molecule is C=Cc1ccc(Cn2nnc(CCC)n2)cc1. The second kappa shape index (κ2) is 5.39. The second-order valence-corrected chi connectivity index (χ2v) is 3.93. The fourth-order valence-corrected chi connectivity index (χ4v) is 1.59. The van der Waals surface area contributed by atoms with Crippen LogP contribution in [0.1, 0.15) is 30.3 Å². The van der Waals surface area contributed by atoms with Crippen molar-refractivity contribution in [3.63, 3.8) is 0 Å². The first-order valence-corrected chi connectivity index (χ1v) is 5.80. The van der Waals surface area contributed by atoms with Crippen LogP contribution in [0, 0.1) is 0 Å². The summed E-state index contributed by atoms with van der Waals surface area (Å²) < 4.78 is 0. The highest BCUT2D eigenvalue weighted by molar-refractivity contribution is 5.47. The average Bonchev–Trinajstić information content (AvgIpc) is 2.78. The van der Waals surface area contributed by atoms with E-state index in [2.05, 4.69) is 41.0 Å². The molecule has 4 heteroatoms. The van der Waals surface area contributed by atoms with Gasteiger partial charge in [-0.05, 0) is 22.8 Å². The third kappa shape index (κ3) is 3.00. The maximum Gasteiger partial charge on any atom is 0.174 e. The van der Waals surface area contributed by atoms with Crippen molar-refractivity contribution in [2.45, 2.75) is 26.3 Å². The molecule has 0 aliphatic heterocycles. The van der Waals surface area contributed by atoms with Crippen molar-refractivity contribution in [1.82, 2.24) is 20.2 Å². The minimum atomic E-state index is 0.661. The van der Waals surface area contributed by atoms with Crippen LogP contribution in [0.2, 0.25) is 0 Å². The van der Waals surface area contributed by atoms with E-state index in [9.17, 15) is 0 Å². The quantitative estimate of drug-likeness (QED) is 0.788. The van der Waals surface area contributed by atoms with Gasteiger partial charge in [-0.2, -0.15) is 4.80 Å². The molecule has 0 amide bonds. The monoisotopic (exact) mass is 228 g/mol. The van der Waals surface area contributed by atoms with Crippen LogP contribution in [-0.4, -0.2) is 20.2 Å². The van der Waals surface area contributed by atoms with Gasteiger partial charge in [-0.15, -0.1) is 10.2 Å². The largest absolute Gasteiger partial charge is 0.174 e. The zero-order valence-corrected chi connectivity index (χ0v) is 10.0. The Balaban J connectivity index is 2.05. The highest BCUT2D eigenvalue weighted by atomic mass is 15.6. The van der Waals surface area contributed by atoms with Gasteiger partial charge in [0.25, 0.3) is 0 Å².